The van der Waals surface area contributed by atoms with Gasteiger partial charge in [-0.2, -0.15) is 10.2 Å². The number of fused-ring (bicyclic) bond motifs is 1. The Balaban J connectivity index is 1.38. The highest BCUT2D eigenvalue weighted by molar-refractivity contribution is 5.98. The van der Waals surface area contributed by atoms with Gasteiger partial charge in [0, 0.05) is 19.0 Å². The third kappa shape index (κ3) is 5.21. The van der Waals surface area contributed by atoms with Crippen LogP contribution in [0.25, 0.3) is 0 Å². The minimum Gasteiger partial charge on any atom is -0.494 e. The van der Waals surface area contributed by atoms with Crippen LogP contribution in [-0.4, -0.2) is 35.6 Å². The Hall–Kier alpha value is -4.12. The molecule has 0 spiro atoms. The third-order valence-electron chi connectivity index (χ3n) is 7.24. The molecule has 0 radical (unpaired) electrons. The third-order valence-corrected chi connectivity index (χ3v) is 7.24. The molecular formula is C29H31N5O3. The summed E-state index contributed by atoms with van der Waals surface area (Å²) in [6, 6.07) is 19.8. The zero-order valence-electron chi connectivity index (χ0n) is 20.9. The molecule has 5 rings (SSSR count). The number of carbonyl (C=O) groups excluding carboxylic acids is 1. The second-order valence-corrected chi connectivity index (χ2v) is 9.76. The van der Waals surface area contributed by atoms with E-state index in [0.29, 0.717) is 35.3 Å². The lowest BCUT2D eigenvalue weighted by Crippen LogP contribution is -2.41. The van der Waals surface area contributed by atoms with E-state index in [9.17, 15) is 14.9 Å². The van der Waals surface area contributed by atoms with Crippen LogP contribution < -0.4 is 20.5 Å². The summed E-state index contributed by atoms with van der Waals surface area (Å²) in [6.07, 6.45) is 3.92. The van der Waals surface area contributed by atoms with Crippen molar-refractivity contribution in [3.63, 3.8) is 0 Å². The van der Waals surface area contributed by atoms with E-state index >= 15 is 0 Å². The summed E-state index contributed by atoms with van der Waals surface area (Å²) in [4.78, 5) is 35.9. The number of nitrogens with one attached hydrogen (secondary N) is 2. The van der Waals surface area contributed by atoms with Crippen LogP contribution in [-0.2, 0) is 11.2 Å². The first-order valence-corrected chi connectivity index (χ1v) is 12.9. The van der Waals surface area contributed by atoms with Crippen molar-refractivity contribution in [3.05, 3.63) is 81.6 Å². The molecule has 0 aliphatic carbocycles. The molecule has 2 aliphatic heterocycles. The van der Waals surface area contributed by atoms with Gasteiger partial charge in [0.05, 0.1) is 18.2 Å². The average Bonchev–Trinajstić information content (AvgIpc) is 2.92. The van der Waals surface area contributed by atoms with Gasteiger partial charge in [-0.15, -0.1) is 0 Å². The molecule has 0 saturated carbocycles. The highest BCUT2D eigenvalue weighted by atomic mass is 16.5. The van der Waals surface area contributed by atoms with Crippen molar-refractivity contribution in [1.82, 2.24) is 9.97 Å². The van der Waals surface area contributed by atoms with Crippen LogP contribution in [0.1, 0.15) is 48.8 Å². The predicted molar refractivity (Wildman–Crippen MR) is 142 cm³/mol. The Labute approximate surface area is 216 Å². The van der Waals surface area contributed by atoms with E-state index in [0.717, 1.165) is 38.8 Å². The van der Waals surface area contributed by atoms with Crippen LogP contribution in [0.2, 0.25) is 0 Å². The van der Waals surface area contributed by atoms with Gasteiger partial charge in [-0.25, -0.2) is 0 Å². The van der Waals surface area contributed by atoms with E-state index in [1.165, 1.54) is 5.56 Å². The fraction of sp³-hybridized carbons (Fsp3) is 0.379. The predicted octanol–water partition coefficient (Wildman–Crippen LogP) is 4.24. The molecule has 190 valence electrons. The van der Waals surface area contributed by atoms with Gasteiger partial charge >= 0.3 is 0 Å². The minimum absolute atomic E-state index is 0.234. The smallest absolute Gasteiger partial charge is 0.258 e. The first-order chi connectivity index (χ1) is 18.1. The number of aromatic amines is 1. The zero-order valence-corrected chi connectivity index (χ0v) is 20.9. The van der Waals surface area contributed by atoms with Gasteiger partial charge in [0.25, 0.3) is 5.56 Å². The molecule has 2 aromatic carbocycles. The Morgan fingerprint density at radius 1 is 1.08 bits per heavy atom. The molecule has 1 fully saturated rings. The average molecular weight is 498 g/mol. The summed E-state index contributed by atoms with van der Waals surface area (Å²) in [7, 11) is 0. The number of aromatic nitrogens is 2. The molecule has 2 N–H and O–H groups in total. The summed E-state index contributed by atoms with van der Waals surface area (Å²) in [5, 5.41) is 12.5. The number of rotatable bonds is 7. The van der Waals surface area contributed by atoms with Crippen molar-refractivity contribution < 1.29 is 9.53 Å². The molecule has 2 unspecified atom stereocenters. The van der Waals surface area contributed by atoms with Gasteiger partial charge in [0.15, 0.2) is 0 Å². The van der Waals surface area contributed by atoms with Crippen LogP contribution in [0.5, 0.6) is 5.75 Å². The number of H-pyrrole nitrogens is 1. The van der Waals surface area contributed by atoms with Gasteiger partial charge in [0.2, 0.25) is 11.9 Å². The summed E-state index contributed by atoms with van der Waals surface area (Å²) in [6.45, 7) is 4.18. The van der Waals surface area contributed by atoms with Crippen molar-refractivity contribution in [1.29, 1.82) is 5.26 Å². The first-order valence-electron chi connectivity index (χ1n) is 12.9. The molecule has 3 aromatic rings. The van der Waals surface area contributed by atoms with Crippen molar-refractivity contribution in [2.75, 3.05) is 29.9 Å². The molecule has 8 heteroatoms. The van der Waals surface area contributed by atoms with Crippen molar-refractivity contribution in [2.45, 2.75) is 38.5 Å². The topological polar surface area (TPSA) is 111 Å². The monoisotopic (exact) mass is 497 g/mol. The van der Waals surface area contributed by atoms with Gasteiger partial charge in [-0.1, -0.05) is 49.4 Å². The second kappa shape index (κ2) is 10.9. The Morgan fingerprint density at radius 2 is 1.81 bits per heavy atom. The molecule has 8 nitrogen and oxygen atoms in total. The number of piperidine rings is 1. The number of carbonyl (C=O) groups is 1. The maximum atomic E-state index is 13.4. The molecular weight excluding hydrogens is 466 g/mol. The number of anilines is 2. The minimum atomic E-state index is -1.03. The normalized spacial score (nSPS) is 19.6. The maximum Gasteiger partial charge on any atom is 0.258 e. The Morgan fingerprint density at radius 3 is 2.49 bits per heavy atom. The largest absolute Gasteiger partial charge is 0.494 e. The van der Waals surface area contributed by atoms with E-state index in [1.807, 2.05) is 25.1 Å². The van der Waals surface area contributed by atoms with Crippen molar-refractivity contribution in [2.24, 2.45) is 11.8 Å². The van der Waals surface area contributed by atoms with Gasteiger partial charge in [-0.05, 0) is 54.9 Å². The van der Waals surface area contributed by atoms with Gasteiger partial charge in [-0.3, -0.25) is 14.6 Å². The van der Waals surface area contributed by atoms with E-state index in [2.05, 4.69) is 50.5 Å². The number of nitriles is 1. The van der Waals surface area contributed by atoms with Crippen LogP contribution in [0, 0.1) is 23.2 Å². The molecule has 2 atom stereocenters. The first kappa shape index (κ1) is 24.6. The number of benzene rings is 2. The fourth-order valence-corrected chi connectivity index (χ4v) is 5.30. The molecule has 37 heavy (non-hydrogen) atoms. The van der Waals surface area contributed by atoms with E-state index in [4.69, 9.17) is 4.74 Å². The highest BCUT2D eigenvalue weighted by Gasteiger charge is 2.40. The number of hydrogen-bond acceptors (Lipinski definition) is 6. The van der Waals surface area contributed by atoms with Crippen LogP contribution in [0.3, 0.4) is 0 Å². The number of nitrogens with zero attached hydrogens (tertiary/aromatic N) is 3. The Bertz CT molecular complexity index is 1340. The number of hydrogen-bond donors (Lipinski definition) is 2. The summed E-state index contributed by atoms with van der Waals surface area (Å²) >= 11 is 0. The lowest BCUT2D eigenvalue weighted by Gasteiger charge is -2.34. The molecule has 1 aromatic heterocycles. The lowest BCUT2D eigenvalue weighted by atomic mass is 9.79. The number of amides is 1. The van der Waals surface area contributed by atoms with Crippen LogP contribution >= 0.6 is 0 Å². The SMILES string of the molecule is CCCOc1ccc(C2c3c(nc(N4CCC(Cc5ccccc5)CC4)[nH]c3=O)NC(=O)C2C#N)cc1. The molecule has 3 heterocycles. The van der Waals surface area contributed by atoms with Gasteiger partial charge in [0.1, 0.15) is 17.5 Å². The van der Waals surface area contributed by atoms with Crippen LogP contribution in [0.15, 0.2) is 59.4 Å². The summed E-state index contributed by atoms with van der Waals surface area (Å²) in [5.41, 5.74) is 2.03. The van der Waals surface area contributed by atoms with E-state index in [-0.39, 0.29) is 11.4 Å². The van der Waals surface area contributed by atoms with Crippen molar-refractivity contribution >= 4 is 17.7 Å². The standard InChI is InChI=1S/C29H31N5O3/c1-2-16-37-22-10-8-21(9-11-22)24-23(18-30)27(35)31-26-25(24)28(36)33-29(32-26)34-14-12-20(13-15-34)17-19-6-4-3-5-7-19/h3-11,20,23-24H,2,12-17H2,1H3,(H2,31,32,33,35,36). The van der Waals surface area contributed by atoms with Gasteiger partial charge < -0.3 is 15.0 Å². The number of ether oxygens (including phenoxy) is 1. The molecule has 1 saturated heterocycles. The summed E-state index contributed by atoms with van der Waals surface area (Å²) in [5.74, 6) is -0.215. The highest BCUT2D eigenvalue weighted by Crippen LogP contribution is 2.39. The molecule has 2 aliphatic rings. The van der Waals surface area contributed by atoms with E-state index < -0.39 is 17.7 Å². The fourth-order valence-electron chi connectivity index (χ4n) is 5.30. The zero-order chi connectivity index (χ0) is 25.8. The second-order valence-electron chi connectivity index (χ2n) is 9.76. The lowest BCUT2D eigenvalue weighted by molar-refractivity contribution is -0.119. The summed E-state index contributed by atoms with van der Waals surface area (Å²) < 4.78 is 5.66. The quantitative estimate of drug-likeness (QED) is 0.505. The molecule has 0 bridgehead atoms. The van der Waals surface area contributed by atoms with Crippen LogP contribution in [0.4, 0.5) is 11.8 Å². The Kier molecular flexibility index (Phi) is 7.22. The molecule has 1 amide bonds. The van der Waals surface area contributed by atoms with Crippen molar-refractivity contribution in [3.8, 4) is 11.8 Å². The maximum absolute atomic E-state index is 13.4. The van der Waals surface area contributed by atoms with E-state index in [1.54, 1.807) is 12.1 Å².